The fourth-order valence-electron chi connectivity index (χ4n) is 2.66. The Morgan fingerprint density at radius 3 is 2.35 bits per heavy atom. The summed E-state index contributed by atoms with van der Waals surface area (Å²) in [5.41, 5.74) is 0.0887. The minimum absolute atomic E-state index is 0.0762. The molecule has 0 saturated carbocycles. The molecule has 0 aliphatic rings. The van der Waals surface area contributed by atoms with Gasteiger partial charge in [-0.25, -0.2) is 22.2 Å². The summed E-state index contributed by atoms with van der Waals surface area (Å²) in [6, 6.07) is 11.1. The van der Waals surface area contributed by atoms with Gasteiger partial charge in [-0.1, -0.05) is 6.07 Å². The Morgan fingerprint density at radius 2 is 1.71 bits per heavy atom. The largest absolute Gasteiger partial charge is 0.573 e. The van der Waals surface area contributed by atoms with E-state index in [1.54, 1.807) is 0 Å². The van der Waals surface area contributed by atoms with Crippen molar-refractivity contribution in [2.75, 3.05) is 11.8 Å². The maximum absolute atomic E-state index is 13.5. The summed E-state index contributed by atoms with van der Waals surface area (Å²) >= 11 is 0. The maximum Gasteiger partial charge on any atom is 0.573 e. The number of alkyl halides is 3. The Balaban J connectivity index is 2.00. The summed E-state index contributed by atoms with van der Waals surface area (Å²) in [6.07, 6.45) is -5.00. The van der Waals surface area contributed by atoms with Crippen molar-refractivity contribution in [1.29, 1.82) is 0 Å². The van der Waals surface area contributed by atoms with E-state index in [1.807, 2.05) is 0 Å². The monoisotopic (exact) mass is 520 g/mol. The molecule has 3 aromatic carbocycles. The van der Waals surface area contributed by atoms with E-state index in [-0.39, 0.29) is 32.7 Å². The number of primary sulfonamides is 1. The number of anilines is 1. The van der Waals surface area contributed by atoms with E-state index in [9.17, 15) is 30.2 Å². The van der Waals surface area contributed by atoms with Crippen LogP contribution in [0.5, 0.6) is 23.0 Å². The molecule has 0 aliphatic carbocycles. The minimum Gasteiger partial charge on any atom is -0.493 e. The van der Waals surface area contributed by atoms with Gasteiger partial charge in [-0.2, -0.15) is 0 Å². The van der Waals surface area contributed by atoms with Crippen LogP contribution in [-0.4, -0.2) is 26.1 Å². The molecule has 3 rings (SSSR count). The van der Waals surface area contributed by atoms with Crippen LogP contribution >= 0.6 is 0 Å². The normalized spacial score (nSPS) is 12.6. The number of sulfonamides is 1. The van der Waals surface area contributed by atoms with Crippen LogP contribution in [0.1, 0.15) is 0 Å². The number of hydrogen-bond donors (Lipinski definition) is 2. The van der Waals surface area contributed by atoms with Gasteiger partial charge in [0, 0.05) is 17.8 Å². The van der Waals surface area contributed by atoms with E-state index in [0.717, 1.165) is 36.4 Å². The van der Waals surface area contributed by atoms with Gasteiger partial charge in [0.25, 0.3) is 0 Å². The number of methoxy groups -OCH3 is 1. The minimum atomic E-state index is -5.00. The second kappa shape index (κ2) is 9.87. The highest BCUT2D eigenvalue weighted by atomic mass is 32.2. The van der Waals surface area contributed by atoms with E-state index in [2.05, 4.69) is 9.46 Å². The van der Waals surface area contributed by atoms with E-state index in [1.165, 1.54) is 31.4 Å². The molecule has 34 heavy (non-hydrogen) atoms. The average molecular weight is 520 g/mol. The number of hydrogen-bond acceptors (Lipinski definition) is 6. The molecular formula is C20H16F4N2O6S2. The lowest BCUT2D eigenvalue weighted by atomic mass is 10.3. The fraction of sp³-hybridized carbons (Fsp3) is 0.100. The van der Waals surface area contributed by atoms with Crippen LogP contribution in [0.3, 0.4) is 0 Å². The molecule has 0 bridgehead atoms. The zero-order chi connectivity index (χ0) is 25.1. The van der Waals surface area contributed by atoms with Gasteiger partial charge in [0.15, 0.2) is 22.5 Å². The van der Waals surface area contributed by atoms with Gasteiger partial charge in [-0.05, 0) is 42.5 Å². The maximum atomic E-state index is 13.5. The summed E-state index contributed by atoms with van der Waals surface area (Å²) in [6.45, 7) is 0. The van der Waals surface area contributed by atoms with Crippen molar-refractivity contribution >= 4 is 26.7 Å². The Kier molecular flexibility index (Phi) is 7.33. The van der Waals surface area contributed by atoms with Crippen molar-refractivity contribution in [3.05, 3.63) is 66.5 Å². The summed E-state index contributed by atoms with van der Waals surface area (Å²) in [5, 5.41) is 5.09. The van der Waals surface area contributed by atoms with Gasteiger partial charge >= 0.3 is 6.36 Å². The molecular weight excluding hydrogens is 504 g/mol. The van der Waals surface area contributed by atoms with Crippen LogP contribution in [0, 0.1) is 5.82 Å². The number of nitrogens with two attached hydrogens (primary N) is 1. The number of benzene rings is 3. The highest BCUT2D eigenvalue weighted by Gasteiger charge is 2.31. The van der Waals surface area contributed by atoms with Gasteiger partial charge in [0.1, 0.15) is 22.2 Å². The van der Waals surface area contributed by atoms with Gasteiger partial charge in [-0.15, -0.1) is 13.2 Å². The van der Waals surface area contributed by atoms with Gasteiger partial charge in [-0.3, -0.25) is 0 Å². The van der Waals surface area contributed by atoms with Crippen molar-refractivity contribution in [3.8, 4) is 23.0 Å². The third kappa shape index (κ3) is 6.59. The molecule has 0 aliphatic heterocycles. The molecule has 1 unspecified atom stereocenters. The van der Waals surface area contributed by atoms with Crippen LogP contribution < -0.4 is 24.1 Å². The summed E-state index contributed by atoms with van der Waals surface area (Å²) in [7, 11) is -4.98. The van der Waals surface area contributed by atoms with E-state index < -0.39 is 38.9 Å². The Morgan fingerprint density at radius 1 is 0.971 bits per heavy atom. The molecule has 0 heterocycles. The van der Waals surface area contributed by atoms with Gasteiger partial charge < -0.3 is 18.9 Å². The highest BCUT2D eigenvalue weighted by molar-refractivity contribution is 7.89. The summed E-state index contributed by atoms with van der Waals surface area (Å²) in [5.74, 6) is -1.81. The average Bonchev–Trinajstić information content (AvgIpc) is 2.73. The number of halogens is 4. The fourth-order valence-corrected chi connectivity index (χ4v) is 4.15. The zero-order valence-corrected chi connectivity index (χ0v) is 18.8. The molecule has 8 nitrogen and oxygen atoms in total. The van der Waals surface area contributed by atoms with E-state index in [4.69, 9.17) is 14.6 Å². The summed E-state index contributed by atoms with van der Waals surface area (Å²) < 4.78 is 105. The smallest absolute Gasteiger partial charge is 0.493 e. The number of nitrogens with one attached hydrogen (secondary N) is 1. The van der Waals surface area contributed by atoms with Crippen LogP contribution in [-0.2, 0) is 21.0 Å². The van der Waals surface area contributed by atoms with Crippen molar-refractivity contribution < 1.29 is 44.4 Å². The first kappa shape index (κ1) is 25.3. The lowest BCUT2D eigenvalue weighted by Gasteiger charge is -2.16. The Labute approximate surface area is 193 Å². The highest BCUT2D eigenvalue weighted by Crippen LogP contribution is 2.38. The number of ether oxygens (including phenoxy) is 3. The predicted molar refractivity (Wildman–Crippen MR) is 114 cm³/mol. The van der Waals surface area contributed by atoms with Crippen molar-refractivity contribution in [1.82, 2.24) is 0 Å². The molecule has 0 aromatic heterocycles. The second-order valence-electron chi connectivity index (χ2n) is 6.50. The lowest BCUT2D eigenvalue weighted by Crippen LogP contribution is -2.17. The standard InChI is InChI=1S/C20H16F4N2O6S2/c1-30-17-9-12(21)5-7-16(17)31-18-11-14(32-20(22,23)24)6-8-19(18)33(27)26-13-3-2-4-15(10-13)34(25,28)29/h2-11,26H,1H3,(H2,25,28,29). The van der Waals surface area contributed by atoms with Crippen molar-refractivity contribution in [2.45, 2.75) is 16.2 Å². The molecule has 0 radical (unpaired) electrons. The van der Waals surface area contributed by atoms with Crippen molar-refractivity contribution in [3.63, 3.8) is 0 Å². The van der Waals surface area contributed by atoms with Gasteiger partial charge in [0.2, 0.25) is 10.0 Å². The van der Waals surface area contributed by atoms with Gasteiger partial charge in [0.05, 0.1) is 12.0 Å². The first-order valence-electron chi connectivity index (χ1n) is 9.08. The number of rotatable bonds is 8. The molecule has 1 atom stereocenters. The topological polar surface area (TPSA) is 117 Å². The second-order valence-corrected chi connectivity index (χ2v) is 9.24. The summed E-state index contributed by atoms with van der Waals surface area (Å²) in [4.78, 5) is -0.391. The Hall–Kier alpha value is -3.36. The zero-order valence-electron chi connectivity index (χ0n) is 17.1. The molecule has 3 N–H and O–H groups in total. The predicted octanol–water partition coefficient (Wildman–Crippen LogP) is 4.31. The van der Waals surface area contributed by atoms with Crippen molar-refractivity contribution in [2.24, 2.45) is 5.14 Å². The lowest BCUT2D eigenvalue weighted by molar-refractivity contribution is -0.274. The third-order valence-electron chi connectivity index (χ3n) is 4.07. The van der Waals surface area contributed by atoms with Crippen LogP contribution in [0.4, 0.5) is 23.2 Å². The molecule has 0 spiro atoms. The van der Waals surface area contributed by atoms with Crippen LogP contribution in [0.2, 0.25) is 0 Å². The Bertz CT molecular complexity index is 1330. The van der Waals surface area contributed by atoms with Crippen LogP contribution in [0.15, 0.2) is 70.5 Å². The SMILES string of the molecule is COc1cc(F)ccc1Oc1cc(OC(F)(F)F)ccc1S(=O)Nc1cccc(S(N)(=O)=O)c1. The molecule has 3 aromatic rings. The molecule has 14 heteroatoms. The van der Waals surface area contributed by atoms with E-state index >= 15 is 0 Å². The van der Waals surface area contributed by atoms with E-state index in [0.29, 0.717) is 0 Å². The quantitative estimate of drug-likeness (QED) is 0.428. The third-order valence-corrected chi connectivity index (χ3v) is 6.14. The molecule has 0 saturated heterocycles. The first-order valence-corrected chi connectivity index (χ1v) is 11.8. The molecule has 182 valence electrons. The first-order chi connectivity index (χ1) is 15.9. The molecule has 0 amide bonds. The van der Waals surface area contributed by atoms with Crippen LogP contribution in [0.25, 0.3) is 0 Å². The molecule has 0 fully saturated rings.